The summed E-state index contributed by atoms with van der Waals surface area (Å²) in [5.41, 5.74) is 1.45. The molecule has 0 bridgehead atoms. The molecule has 0 spiro atoms. The van der Waals surface area contributed by atoms with Crippen molar-refractivity contribution >= 4 is 63.8 Å². The van der Waals surface area contributed by atoms with Crippen LogP contribution in [0.25, 0.3) is 11.3 Å². The van der Waals surface area contributed by atoms with Crippen LogP contribution in [0.3, 0.4) is 0 Å². The maximum atomic E-state index is 12.9. The SMILES string of the molecule is C=CCN1C(=O)C(CC(=O)Nc2ccc(Cl)cc2)S/C1=N\N=C\c1ccc(-c2cccc(Cl)c2)o1. The Kier molecular flexibility index (Phi) is 8.07. The Morgan fingerprint density at radius 2 is 1.94 bits per heavy atom. The standard InChI is InChI=1S/C25H20Cl2N4O3S/c1-2-12-31-24(33)22(14-23(32)29-19-8-6-17(26)7-9-19)35-25(31)30-28-15-20-10-11-21(34-20)16-4-3-5-18(27)13-16/h2-11,13,15,22H,1,12,14H2,(H,29,32)/b28-15+,30-25-. The molecule has 2 aromatic carbocycles. The number of hydrogen-bond donors (Lipinski definition) is 1. The maximum Gasteiger partial charge on any atom is 0.243 e. The van der Waals surface area contributed by atoms with E-state index in [1.165, 1.54) is 22.9 Å². The summed E-state index contributed by atoms with van der Waals surface area (Å²) in [6.45, 7) is 3.96. The third kappa shape index (κ3) is 6.42. The van der Waals surface area contributed by atoms with Crippen molar-refractivity contribution in [3.05, 3.63) is 89.1 Å². The Bertz CT molecular complexity index is 1300. The Hall–Kier alpha value is -3.33. The number of nitrogens with zero attached hydrogens (tertiary/aromatic N) is 3. The van der Waals surface area contributed by atoms with Gasteiger partial charge in [0.2, 0.25) is 11.8 Å². The lowest BCUT2D eigenvalue weighted by Crippen LogP contribution is -2.33. The van der Waals surface area contributed by atoms with Crippen molar-refractivity contribution in [2.45, 2.75) is 11.7 Å². The minimum Gasteiger partial charge on any atom is -0.455 e. The quantitative estimate of drug-likeness (QED) is 0.218. The van der Waals surface area contributed by atoms with Crippen molar-refractivity contribution in [2.24, 2.45) is 10.2 Å². The van der Waals surface area contributed by atoms with E-state index in [2.05, 4.69) is 22.1 Å². The van der Waals surface area contributed by atoms with Crippen LogP contribution < -0.4 is 5.32 Å². The van der Waals surface area contributed by atoms with Gasteiger partial charge in [0.15, 0.2) is 5.17 Å². The van der Waals surface area contributed by atoms with E-state index in [0.717, 1.165) is 5.56 Å². The first kappa shape index (κ1) is 24.8. The number of anilines is 1. The van der Waals surface area contributed by atoms with E-state index in [4.69, 9.17) is 27.6 Å². The second-order valence-corrected chi connectivity index (χ2v) is 9.49. The minimum absolute atomic E-state index is 0.0102. The highest BCUT2D eigenvalue weighted by molar-refractivity contribution is 8.15. The number of furan rings is 1. The van der Waals surface area contributed by atoms with Gasteiger partial charge in [0.05, 0.1) is 6.21 Å². The molecule has 1 aliphatic rings. The molecule has 3 aromatic rings. The van der Waals surface area contributed by atoms with Gasteiger partial charge in [-0.05, 0) is 48.5 Å². The summed E-state index contributed by atoms with van der Waals surface area (Å²) >= 11 is 13.1. The van der Waals surface area contributed by atoms with Crippen LogP contribution in [0.1, 0.15) is 12.2 Å². The number of carbonyl (C=O) groups excluding carboxylic acids is 2. The molecule has 0 saturated carbocycles. The molecule has 0 radical (unpaired) electrons. The molecular formula is C25H20Cl2N4O3S. The lowest BCUT2D eigenvalue weighted by molar-refractivity contribution is -0.127. The van der Waals surface area contributed by atoms with Gasteiger partial charge in [-0.3, -0.25) is 14.5 Å². The molecule has 2 heterocycles. The van der Waals surface area contributed by atoms with Crippen LogP contribution in [0.2, 0.25) is 10.0 Å². The molecular weight excluding hydrogens is 507 g/mol. The molecule has 1 saturated heterocycles. The van der Waals surface area contributed by atoms with Gasteiger partial charge in [0, 0.05) is 34.3 Å². The lowest BCUT2D eigenvalue weighted by atomic mass is 10.2. The second kappa shape index (κ2) is 11.4. The molecule has 1 N–H and O–H groups in total. The van der Waals surface area contributed by atoms with Crippen molar-refractivity contribution in [1.29, 1.82) is 0 Å². The fourth-order valence-electron chi connectivity index (χ4n) is 3.28. The molecule has 7 nitrogen and oxygen atoms in total. The minimum atomic E-state index is -0.616. The molecule has 1 unspecified atom stereocenters. The third-order valence-electron chi connectivity index (χ3n) is 4.89. The number of carbonyl (C=O) groups is 2. The molecule has 1 atom stereocenters. The van der Waals surface area contributed by atoms with E-state index in [1.807, 2.05) is 18.2 Å². The van der Waals surface area contributed by atoms with E-state index in [0.29, 0.717) is 32.4 Å². The van der Waals surface area contributed by atoms with Crippen molar-refractivity contribution in [1.82, 2.24) is 4.90 Å². The zero-order valence-electron chi connectivity index (χ0n) is 18.4. The van der Waals surface area contributed by atoms with Gasteiger partial charge in [-0.15, -0.1) is 11.7 Å². The maximum absolute atomic E-state index is 12.9. The smallest absolute Gasteiger partial charge is 0.243 e. The predicted octanol–water partition coefficient (Wildman–Crippen LogP) is 6.10. The molecule has 1 fully saturated rings. The van der Waals surface area contributed by atoms with E-state index in [-0.39, 0.29) is 24.8 Å². The monoisotopic (exact) mass is 526 g/mol. The molecule has 178 valence electrons. The zero-order valence-corrected chi connectivity index (χ0v) is 20.7. The van der Waals surface area contributed by atoms with Crippen LogP contribution in [0.15, 0.2) is 87.9 Å². The summed E-state index contributed by atoms with van der Waals surface area (Å²) in [7, 11) is 0. The number of amidine groups is 1. The van der Waals surface area contributed by atoms with Crippen LogP contribution in [-0.4, -0.2) is 39.9 Å². The number of hydrogen-bond acceptors (Lipinski definition) is 6. The summed E-state index contributed by atoms with van der Waals surface area (Å²) in [4.78, 5) is 26.8. The van der Waals surface area contributed by atoms with Crippen molar-refractivity contribution in [3.8, 4) is 11.3 Å². The molecule has 35 heavy (non-hydrogen) atoms. The van der Waals surface area contributed by atoms with Crippen molar-refractivity contribution in [2.75, 3.05) is 11.9 Å². The highest BCUT2D eigenvalue weighted by atomic mass is 35.5. The topological polar surface area (TPSA) is 87.3 Å². The highest BCUT2D eigenvalue weighted by Crippen LogP contribution is 2.30. The first-order chi connectivity index (χ1) is 16.9. The van der Waals surface area contributed by atoms with E-state index in [1.54, 1.807) is 48.5 Å². The van der Waals surface area contributed by atoms with Crippen LogP contribution in [0, 0.1) is 0 Å². The average molecular weight is 527 g/mol. The van der Waals surface area contributed by atoms with Crippen LogP contribution in [0.5, 0.6) is 0 Å². The van der Waals surface area contributed by atoms with Crippen molar-refractivity contribution in [3.63, 3.8) is 0 Å². The number of amides is 2. The number of halogens is 2. The van der Waals surface area contributed by atoms with E-state index < -0.39 is 5.25 Å². The van der Waals surface area contributed by atoms with Crippen molar-refractivity contribution < 1.29 is 14.0 Å². The molecule has 0 aliphatic carbocycles. The summed E-state index contributed by atoms with van der Waals surface area (Å²) in [5.74, 6) is 0.627. The second-order valence-electron chi connectivity index (χ2n) is 7.44. The van der Waals surface area contributed by atoms with Gasteiger partial charge in [-0.1, -0.05) is 53.2 Å². The Morgan fingerprint density at radius 1 is 1.14 bits per heavy atom. The van der Waals surface area contributed by atoms with E-state index in [9.17, 15) is 9.59 Å². The fraction of sp³-hybridized carbons (Fsp3) is 0.120. The summed E-state index contributed by atoms with van der Waals surface area (Å²) in [6.07, 6.45) is 3.04. The normalized spacial score (nSPS) is 16.9. The number of rotatable bonds is 8. The average Bonchev–Trinajstić information content (AvgIpc) is 3.42. The fourth-order valence-corrected chi connectivity index (χ4v) is 4.70. The summed E-state index contributed by atoms with van der Waals surface area (Å²) in [5, 5.41) is 12.0. The predicted molar refractivity (Wildman–Crippen MR) is 142 cm³/mol. The third-order valence-corrected chi connectivity index (χ3v) is 6.55. The molecule has 1 aromatic heterocycles. The van der Waals surface area contributed by atoms with Gasteiger partial charge >= 0.3 is 0 Å². The number of benzene rings is 2. The van der Waals surface area contributed by atoms with Crippen LogP contribution in [-0.2, 0) is 9.59 Å². The van der Waals surface area contributed by atoms with Gasteiger partial charge in [0.25, 0.3) is 0 Å². The van der Waals surface area contributed by atoms with Gasteiger partial charge in [0.1, 0.15) is 16.8 Å². The Balaban J connectivity index is 1.42. The summed E-state index contributed by atoms with van der Waals surface area (Å²) < 4.78 is 5.78. The van der Waals surface area contributed by atoms with Gasteiger partial charge in [-0.2, -0.15) is 5.10 Å². The largest absolute Gasteiger partial charge is 0.455 e. The Labute approximate surface area is 216 Å². The van der Waals surface area contributed by atoms with Gasteiger partial charge < -0.3 is 9.73 Å². The molecule has 10 heteroatoms. The molecule has 2 amide bonds. The Morgan fingerprint density at radius 3 is 2.69 bits per heavy atom. The highest BCUT2D eigenvalue weighted by Gasteiger charge is 2.38. The number of nitrogens with one attached hydrogen (secondary N) is 1. The van der Waals surface area contributed by atoms with E-state index >= 15 is 0 Å². The first-order valence-electron chi connectivity index (χ1n) is 10.5. The molecule has 1 aliphatic heterocycles. The lowest BCUT2D eigenvalue weighted by Gasteiger charge is -2.12. The number of thioether (sulfide) groups is 1. The van der Waals surface area contributed by atoms with Crippen LogP contribution >= 0.6 is 35.0 Å². The van der Waals surface area contributed by atoms with Gasteiger partial charge in [-0.25, -0.2) is 0 Å². The zero-order chi connectivity index (χ0) is 24.8. The van der Waals surface area contributed by atoms with Crippen LogP contribution in [0.4, 0.5) is 5.69 Å². The summed E-state index contributed by atoms with van der Waals surface area (Å²) in [6, 6.07) is 17.7. The first-order valence-corrected chi connectivity index (χ1v) is 12.2. The molecule has 4 rings (SSSR count).